The van der Waals surface area contributed by atoms with Crippen LogP contribution in [0.25, 0.3) is 11.3 Å². The molecule has 0 spiro atoms. The molecule has 0 N–H and O–H groups in total. The van der Waals surface area contributed by atoms with Gasteiger partial charge in [-0.2, -0.15) is 5.10 Å². The van der Waals surface area contributed by atoms with Crippen LogP contribution in [0.1, 0.15) is 46.9 Å². The number of carbonyl (C=O) groups excluding carboxylic acids is 1. The van der Waals surface area contributed by atoms with Gasteiger partial charge in [-0.15, -0.1) is 0 Å². The summed E-state index contributed by atoms with van der Waals surface area (Å²) in [4.78, 5) is 19.8. The Morgan fingerprint density at radius 1 is 1.18 bits per heavy atom. The zero-order chi connectivity index (χ0) is 19.1. The van der Waals surface area contributed by atoms with Crippen LogP contribution in [0.15, 0.2) is 48.8 Å². The van der Waals surface area contributed by atoms with E-state index in [0.29, 0.717) is 12.3 Å². The molecule has 0 saturated carbocycles. The minimum absolute atomic E-state index is 0.0200. The number of pyridine rings is 1. The number of hydrogen-bond donors (Lipinski definition) is 0. The van der Waals surface area contributed by atoms with Crippen LogP contribution in [0, 0.1) is 0 Å². The maximum absolute atomic E-state index is 13.6. The van der Waals surface area contributed by atoms with Crippen molar-refractivity contribution in [3.63, 3.8) is 0 Å². The summed E-state index contributed by atoms with van der Waals surface area (Å²) in [7, 11) is 1.90. The van der Waals surface area contributed by atoms with Crippen molar-refractivity contribution >= 4 is 5.91 Å². The van der Waals surface area contributed by atoms with Gasteiger partial charge in [0.15, 0.2) is 5.69 Å². The van der Waals surface area contributed by atoms with Crippen molar-refractivity contribution in [3.8, 4) is 17.0 Å². The second-order valence-corrected chi connectivity index (χ2v) is 7.38. The van der Waals surface area contributed by atoms with Crippen LogP contribution in [0.3, 0.4) is 0 Å². The van der Waals surface area contributed by atoms with Gasteiger partial charge >= 0.3 is 0 Å². The number of hydrogen-bond acceptors (Lipinski definition) is 4. The molecule has 3 aromatic rings. The van der Waals surface area contributed by atoms with E-state index in [4.69, 9.17) is 4.74 Å². The Labute approximate surface area is 163 Å². The first-order valence-corrected chi connectivity index (χ1v) is 9.73. The number of nitrogens with zero attached hydrogens (tertiary/aromatic N) is 4. The summed E-state index contributed by atoms with van der Waals surface area (Å²) >= 11 is 0. The van der Waals surface area contributed by atoms with Gasteiger partial charge in [-0.3, -0.25) is 14.5 Å². The zero-order valence-corrected chi connectivity index (χ0v) is 15.8. The Balaban J connectivity index is 1.54. The van der Waals surface area contributed by atoms with Crippen LogP contribution >= 0.6 is 0 Å². The molecule has 6 nitrogen and oxygen atoms in total. The predicted octanol–water partition coefficient (Wildman–Crippen LogP) is 3.74. The van der Waals surface area contributed by atoms with Crippen LogP contribution in [-0.2, 0) is 13.7 Å². The number of benzene rings is 1. The first kappa shape index (κ1) is 17.0. The smallest absolute Gasteiger partial charge is 0.275 e. The molecule has 1 saturated heterocycles. The number of likely N-dealkylation sites (tertiary alicyclic amines) is 1. The van der Waals surface area contributed by atoms with Gasteiger partial charge in [-0.1, -0.05) is 18.2 Å². The monoisotopic (exact) mass is 374 g/mol. The third kappa shape index (κ3) is 2.68. The van der Waals surface area contributed by atoms with Crippen LogP contribution in [0.4, 0.5) is 0 Å². The van der Waals surface area contributed by atoms with E-state index in [1.807, 2.05) is 53.2 Å². The maximum atomic E-state index is 13.6. The summed E-state index contributed by atoms with van der Waals surface area (Å²) in [6, 6.07) is 11.9. The molecule has 0 bridgehead atoms. The van der Waals surface area contributed by atoms with Crippen molar-refractivity contribution in [3.05, 3.63) is 65.6 Å². The average molecular weight is 374 g/mol. The van der Waals surface area contributed by atoms with E-state index in [1.54, 1.807) is 6.20 Å². The zero-order valence-electron chi connectivity index (χ0n) is 15.8. The van der Waals surface area contributed by atoms with Crippen molar-refractivity contribution in [1.82, 2.24) is 19.7 Å². The Bertz CT molecular complexity index is 1030. The number of ether oxygens (including phenoxy) is 1. The van der Waals surface area contributed by atoms with Gasteiger partial charge in [0.05, 0.1) is 11.7 Å². The highest BCUT2D eigenvalue weighted by molar-refractivity contribution is 5.96. The highest BCUT2D eigenvalue weighted by atomic mass is 16.5. The van der Waals surface area contributed by atoms with E-state index in [0.717, 1.165) is 53.9 Å². The van der Waals surface area contributed by atoms with Crippen LogP contribution < -0.4 is 4.74 Å². The van der Waals surface area contributed by atoms with Gasteiger partial charge in [-0.25, -0.2) is 0 Å². The minimum atomic E-state index is -0.0200. The normalized spacial score (nSPS) is 18.2. The largest absolute Gasteiger partial charge is 0.488 e. The summed E-state index contributed by atoms with van der Waals surface area (Å²) in [5.41, 5.74) is 4.42. The Kier molecular flexibility index (Phi) is 4.11. The molecule has 4 heterocycles. The highest BCUT2D eigenvalue weighted by Gasteiger charge is 2.34. The van der Waals surface area contributed by atoms with E-state index in [1.165, 1.54) is 0 Å². The van der Waals surface area contributed by atoms with Gasteiger partial charge < -0.3 is 9.64 Å². The molecule has 1 aromatic carbocycles. The van der Waals surface area contributed by atoms with Crippen molar-refractivity contribution < 1.29 is 9.53 Å². The number of carbonyl (C=O) groups is 1. The molecule has 5 rings (SSSR count). The molecule has 2 aromatic heterocycles. The first-order valence-electron chi connectivity index (χ1n) is 9.73. The fraction of sp³-hybridized carbons (Fsp3) is 0.318. The van der Waals surface area contributed by atoms with Crippen molar-refractivity contribution in [1.29, 1.82) is 0 Å². The van der Waals surface area contributed by atoms with Gasteiger partial charge in [0.1, 0.15) is 12.4 Å². The number of piperidine rings is 1. The summed E-state index contributed by atoms with van der Waals surface area (Å²) < 4.78 is 7.73. The topological polar surface area (TPSA) is 60.2 Å². The van der Waals surface area contributed by atoms with Gasteiger partial charge in [0.25, 0.3) is 5.91 Å². The Hall–Kier alpha value is -3.15. The summed E-state index contributed by atoms with van der Waals surface area (Å²) in [6.07, 6.45) is 6.70. The molecule has 1 unspecified atom stereocenters. The van der Waals surface area contributed by atoms with Gasteiger partial charge in [0.2, 0.25) is 0 Å². The fourth-order valence-corrected chi connectivity index (χ4v) is 4.38. The maximum Gasteiger partial charge on any atom is 0.275 e. The number of fused-ring (bicyclic) bond motifs is 3. The minimum Gasteiger partial charge on any atom is -0.488 e. The molecule has 0 radical (unpaired) electrons. The third-order valence-electron chi connectivity index (χ3n) is 5.69. The van der Waals surface area contributed by atoms with Crippen LogP contribution in [0.2, 0.25) is 0 Å². The molecular weight excluding hydrogens is 352 g/mol. The quantitative estimate of drug-likeness (QED) is 0.686. The molecule has 1 amide bonds. The van der Waals surface area contributed by atoms with Gasteiger partial charge in [0, 0.05) is 37.1 Å². The molecule has 1 atom stereocenters. The van der Waals surface area contributed by atoms with Crippen molar-refractivity contribution in [2.45, 2.75) is 31.9 Å². The number of amides is 1. The SMILES string of the molecule is Cn1nc(C(=O)N2CCCCC2c2cccnc2)c2c1-c1ccccc1OC2. The number of para-hydroxylation sites is 1. The second kappa shape index (κ2) is 6.78. The number of aryl methyl sites for hydroxylation is 1. The summed E-state index contributed by atoms with van der Waals surface area (Å²) in [6.45, 7) is 1.11. The fourth-order valence-electron chi connectivity index (χ4n) is 4.38. The van der Waals surface area contributed by atoms with Crippen molar-refractivity contribution in [2.24, 2.45) is 7.05 Å². The standard InChI is InChI=1S/C22H22N4O2/c1-25-21-16-8-2-3-10-19(16)28-14-17(21)20(24-25)22(27)26-12-5-4-9-18(26)15-7-6-11-23-13-15/h2-3,6-8,10-11,13,18H,4-5,9,12,14H2,1H3. The number of aromatic nitrogens is 3. The Morgan fingerprint density at radius 2 is 2.07 bits per heavy atom. The van der Waals surface area contributed by atoms with E-state index < -0.39 is 0 Å². The van der Waals surface area contributed by atoms with Gasteiger partial charge in [-0.05, 0) is 43.0 Å². The lowest BCUT2D eigenvalue weighted by molar-refractivity contribution is 0.0601. The molecule has 0 aliphatic carbocycles. The van der Waals surface area contributed by atoms with Crippen molar-refractivity contribution in [2.75, 3.05) is 6.54 Å². The second-order valence-electron chi connectivity index (χ2n) is 7.38. The molecule has 142 valence electrons. The summed E-state index contributed by atoms with van der Waals surface area (Å²) in [5.74, 6) is 0.816. The summed E-state index contributed by atoms with van der Waals surface area (Å²) in [5, 5.41) is 4.62. The average Bonchev–Trinajstić information content (AvgIpc) is 3.11. The molecule has 1 fully saturated rings. The molecule has 2 aliphatic rings. The van der Waals surface area contributed by atoms with Crippen LogP contribution in [0.5, 0.6) is 5.75 Å². The molecular formula is C22H22N4O2. The lowest BCUT2D eigenvalue weighted by atomic mass is 9.95. The lowest BCUT2D eigenvalue weighted by Gasteiger charge is -2.35. The van der Waals surface area contributed by atoms with Crippen LogP contribution in [-0.4, -0.2) is 32.1 Å². The van der Waals surface area contributed by atoms with E-state index >= 15 is 0 Å². The lowest BCUT2D eigenvalue weighted by Crippen LogP contribution is -2.39. The first-order chi connectivity index (χ1) is 13.7. The Morgan fingerprint density at radius 3 is 2.93 bits per heavy atom. The highest BCUT2D eigenvalue weighted by Crippen LogP contribution is 2.39. The third-order valence-corrected chi connectivity index (χ3v) is 5.69. The van der Waals surface area contributed by atoms with E-state index in [9.17, 15) is 4.79 Å². The molecule has 28 heavy (non-hydrogen) atoms. The van der Waals surface area contributed by atoms with E-state index in [-0.39, 0.29) is 11.9 Å². The number of rotatable bonds is 2. The molecule has 2 aliphatic heterocycles. The predicted molar refractivity (Wildman–Crippen MR) is 105 cm³/mol. The van der Waals surface area contributed by atoms with E-state index in [2.05, 4.69) is 16.1 Å². The molecule has 6 heteroatoms.